The largest absolute Gasteiger partial charge is 0.493 e. The first-order valence-electron chi connectivity index (χ1n) is 9.55. The minimum Gasteiger partial charge on any atom is -0.493 e. The Hall–Kier alpha value is -2.31. The number of methoxy groups -OCH3 is 3. The molecule has 1 aliphatic rings. The molecule has 0 saturated heterocycles. The van der Waals surface area contributed by atoms with E-state index in [1.807, 2.05) is 11.8 Å². The predicted octanol–water partition coefficient (Wildman–Crippen LogP) is 6.02. The van der Waals surface area contributed by atoms with Gasteiger partial charge in [-0.1, -0.05) is 12.1 Å². The number of para-hydroxylation sites is 1. The zero-order chi connectivity index (χ0) is 20.2. The van der Waals surface area contributed by atoms with E-state index in [9.17, 15) is 0 Å². The fraction of sp³-hybridized carbons (Fsp3) is 0.304. The Balaban J connectivity index is 1.68. The molecule has 0 saturated carbocycles. The molecule has 4 nitrogen and oxygen atoms in total. The van der Waals surface area contributed by atoms with Gasteiger partial charge >= 0.3 is 0 Å². The highest BCUT2D eigenvalue weighted by Crippen LogP contribution is 2.48. The van der Waals surface area contributed by atoms with E-state index < -0.39 is 0 Å². The quantitative estimate of drug-likeness (QED) is 0.480. The van der Waals surface area contributed by atoms with Crippen LogP contribution in [0.25, 0.3) is 0 Å². The summed E-state index contributed by atoms with van der Waals surface area (Å²) in [5.74, 6) is 2.04. The summed E-state index contributed by atoms with van der Waals surface area (Å²) in [4.78, 5) is 3.79. The van der Waals surface area contributed by atoms with Crippen molar-refractivity contribution >= 4 is 28.8 Å². The maximum absolute atomic E-state index is 5.58. The van der Waals surface area contributed by atoms with Crippen LogP contribution < -0.4 is 19.1 Å². The number of benzene rings is 2. The van der Waals surface area contributed by atoms with Gasteiger partial charge in [-0.15, -0.1) is 11.8 Å². The lowest BCUT2D eigenvalue weighted by Gasteiger charge is -2.24. The van der Waals surface area contributed by atoms with E-state index in [1.165, 1.54) is 21.7 Å². The minimum absolute atomic E-state index is 0.303. The van der Waals surface area contributed by atoms with E-state index in [-0.39, 0.29) is 0 Å². The van der Waals surface area contributed by atoms with E-state index >= 15 is 0 Å². The lowest BCUT2D eigenvalue weighted by Crippen LogP contribution is -2.23. The highest BCUT2D eigenvalue weighted by Gasteiger charge is 2.25. The van der Waals surface area contributed by atoms with Crippen LogP contribution in [-0.2, 0) is 6.54 Å². The van der Waals surface area contributed by atoms with Gasteiger partial charge in [0.1, 0.15) is 0 Å². The number of fused-ring (bicyclic) bond motifs is 1. The number of thiophene rings is 1. The van der Waals surface area contributed by atoms with Crippen molar-refractivity contribution in [2.45, 2.75) is 23.1 Å². The summed E-state index contributed by atoms with van der Waals surface area (Å²) in [5.41, 5.74) is 3.86. The molecular weight excluding hydrogens is 402 g/mol. The molecule has 29 heavy (non-hydrogen) atoms. The Kier molecular flexibility index (Phi) is 6.21. The smallest absolute Gasteiger partial charge is 0.203 e. The van der Waals surface area contributed by atoms with Crippen molar-refractivity contribution in [1.82, 2.24) is 0 Å². The average molecular weight is 428 g/mol. The second-order valence-corrected chi connectivity index (χ2v) is 8.90. The number of hydrogen-bond acceptors (Lipinski definition) is 6. The zero-order valence-electron chi connectivity index (χ0n) is 16.9. The van der Waals surface area contributed by atoms with Crippen molar-refractivity contribution in [2.24, 2.45) is 0 Å². The van der Waals surface area contributed by atoms with Crippen LogP contribution in [0.15, 0.2) is 58.1 Å². The van der Waals surface area contributed by atoms with Gasteiger partial charge in [-0.25, -0.2) is 0 Å². The fourth-order valence-corrected chi connectivity index (χ4v) is 5.65. The molecule has 0 spiro atoms. The molecule has 0 aliphatic carbocycles. The van der Waals surface area contributed by atoms with Gasteiger partial charge in [0.15, 0.2) is 11.5 Å². The highest BCUT2D eigenvalue weighted by molar-refractivity contribution is 7.99. The van der Waals surface area contributed by atoms with Gasteiger partial charge in [0.05, 0.1) is 27.0 Å². The number of rotatable bonds is 6. The maximum atomic E-state index is 5.58. The van der Waals surface area contributed by atoms with E-state index in [4.69, 9.17) is 14.2 Å². The Morgan fingerprint density at radius 2 is 1.76 bits per heavy atom. The van der Waals surface area contributed by atoms with Crippen LogP contribution in [0.4, 0.5) is 5.69 Å². The third-order valence-corrected chi connectivity index (χ3v) is 7.27. The van der Waals surface area contributed by atoms with Crippen LogP contribution in [0, 0.1) is 0 Å². The summed E-state index contributed by atoms with van der Waals surface area (Å²) < 4.78 is 16.7. The average Bonchev–Trinajstić information content (AvgIpc) is 3.20. The third-order valence-electron chi connectivity index (χ3n) is 5.15. The summed E-state index contributed by atoms with van der Waals surface area (Å²) >= 11 is 3.66. The molecule has 0 radical (unpaired) electrons. The molecule has 0 bridgehead atoms. The van der Waals surface area contributed by atoms with Crippen molar-refractivity contribution < 1.29 is 14.2 Å². The predicted molar refractivity (Wildman–Crippen MR) is 121 cm³/mol. The van der Waals surface area contributed by atoms with Crippen LogP contribution in [0.2, 0.25) is 0 Å². The van der Waals surface area contributed by atoms with Crippen LogP contribution in [0.3, 0.4) is 0 Å². The lowest BCUT2D eigenvalue weighted by molar-refractivity contribution is 0.323. The topological polar surface area (TPSA) is 30.9 Å². The summed E-state index contributed by atoms with van der Waals surface area (Å²) in [7, 11) is 4.97. The van der Waals surface area contributed by atoms with Crippen LogP contribution in [0.1, 0.15) is 22.8 Å². The molecule has 0 amide bonds. The van der Waals surface area contributed by atoms with Crippen molar-refractivity contribution in [1.29, 1.82) is 0 Å². The van der Waals surface area contributed by atoms with Crippen LogP contribution >= 0.6 is 23.1 Å². The number of anilines is 1. The summed E-state index contributed by atoms with van der Waals surface area (Å²) in [5, 5.41) is 4.68. The third kappa shape index (κ3) is 4.19. The zero-order valence-corrected chi connectivity index (χ0v) is 18.5. The van der Waals surface area contributed by atoms with Crippen LogP contribution in [0.5, 0.6) is 17.2 Å². The molecule has 0 unspecified atom stereocenters. The first kappa shape index (κ1) is 20.0. The Labute approximate surface area is 180 Å². The van der Waals surface area contributed by atoms with Gasteiger partial charge in [-0.3, -0.25) is 0 Å². The van der Waals surface area contributed by atoms with Gasteiger partial charge in [0.25, 0.3) is 0 Å². The fourth-order valence-electron chi connectivity index (χ4n) is 3.71. The van der Waals surface area contributed by atoms with E-state index in [2.05, 4.69) is 58.1 Å². The number of ether oxygens (including phenoxy) is 3. The van der Waals surface area contributed by atoms with Crippen LogP contribution in [-0.4, -0.2) is 27.9 Å². The maximum Gasteiger partial charge on any atom is 0.203 e. The summed E-state index contributed by atoms with van der Waals surface area (Å²) in [6, 6.07) is 15.1. The standard InChI is InChI=1S/C23H25NO3S2/c1-25-19-12-17(13-20(26-2)23(19)27-3)21-8-10-24(14-16-9-11-28-15-16)18-6-4-5-7-22(18)29-21/h4-7,9,11-13,15,21H,8,10,14H2,1-3H3/t21-/m0/s1. The van der Waals surface area contributed by atoms with Gasteiger partial charge in [-0.2, -0.15) is 11.3 Å². The van der Waals surface area contributed by atoms with Crippen molar-refractivity contribution in [3.05, 3.63) is 64.4 Å². The Bertz CT molecular complexity index is 934. The van der Waals surface area contributed by atoms with E-state index in [1.54, 1.807) is 32.7 Å². The second-order valence-electron chi connectivity index (χ2n) is 6.87. The van der Waals surface area contributed by atoms with Crippen molar-refractivity contribution in [3.63, 3.8) is 0 Å². The Morgan fingerprint density at radius 3 is 2.41 bits per heavy atom. The molecule has 6 heteroatoms. The van der Waals surface area contributed by atoms with Gasteiger partial charge in [-0.05, 0) is 58.6 Å². The lowest BCUT2D eigenvalue weighted by atomic mass is 10.1. The molecule has 1 aliphatic heterocycles. The molecule has 0 fully saturated rings. The molecule has 2 aromatic carbocycles. The molecular formula is C23H25NO3S2. The molecule has 1 atom stereocenters. The number of hydrogen-bond donors (Lipinski definition) is 0. The number of thioether (sulfide) groups is 1. The molecule has 3 aromatic rings. The Morgan fingerprint density at radius 1 is 1.00 bits per heavy atom. The van der Waals surface area contributed by atoms with Crippen molar-refractivity contribution in [3.8, 4) is 17.2 Å². The summed E-state index contributed by atoms with van der Waals surface area (Å²) in [6.45, 7) is 1.92. The van der Waals surface area contributed by atoms with Gasteiger partial charge in [0, 0.05) is 23.2 Å². The highest BCUT2D eigenvalue weighted by atomic mass is 32.2. The summed E-state index contributed by atoms with van der Waals surface area (Å²) in [6.07, 6.45) is 1.03. The van der Waals surface area contributed by atoms with E-state index in [0.717, 1.165) is 19.5 Å². The molecule has 2 heterocycles. The van der Waals surface area contributed by atoms with Gasteiger partial charge in [0.2, 0.25) is 5.75 Å². The second kappa shape index (κ2) is 9.01. The molecule has 0 N–H and O–H groups in total. The normalized spacial score (nSPS) is 16.1. The molecule has 4 rings (SSSR count). The minimum atomic E-state index is 0.303. The first-order valence-corrected chi connectivity index (χ1v) is 11.4. The first-order chi connectivity index (χ1) is 14.2. The van der Waals surface area contributed by atoms with Gasteiger partial charge < -0.3 is 19.1 Å². The van der Waals surface area contributed by atoms with Crippen molar-refractivity contribution in [2.75, 3.05) is 32.8 Å². The SMILES string of the molecule is COc1cc([C@@H]2CCN(Cc3ccsc3)c3ccccc3S2)cc(OC)c1OC. The number of nitrogens with zero attached hydrogens (tertiary/aromatic N) is 1. The monoisotopic (exact) mass is 427 g/mol. The van der Waals surface area contributed by atoms with E-state index in [0.29, 0.717) is 22.5 Å². The molecule has 152 valence electrons. The molecule has 1 aromatic heterocycles.